The van der Waals surface area contributed by atoms with Crippen LogP contribution in [0.5, 0.6) is 0 Å². The lowest BCUT2D eigenvalue weighted by Crippen LogP contribution is -2.23. The van der Waals surface area contributed by atoms with Crippen LogP contribution in [0.25, 0.3) is 5.69 Å². The molecule has 27 heavy (non-hydrogen) atoms. The molecule has 0 aliphatic heterocycles. The average Bonchev–Trinajstić information content (AvgIpc) is 3.17. The first kappa shape index (κ1) is 19.2. The molecule has 0 spiro atoms. The number of carbonyl (C=O) groups excluding carboxylic acids is 1. The molecule has 1 atom stereocenters. The van der Waals surface area contributed by atoms with Crippen molar-refractivity contribution in [2.45, 2.75) is 45.0 Å². The lowest BCUT2D eigenvalue weighted by molar-refractivity contribution is -0.115. The summed E-state index contributed by atoms with van der Waals surface area (Å²) in [4.78, 5) is 17.2. The summed E-state index contributed by atoms with van der Waals surface area (Å²) in [5.41, 5.74) is 6.06. The number of hydrogen-bond donors (Lipinski definition) is 1. The van der Waals surface area contributed by atoms with Crippen LogP contribution in [-0.2, 0) is 11.8 Å². The predicted octanol–water partition coefficient (Wildman–Crippen LogP) is 3.96. The Bertz CT molecular complexity index is 988. The Balaban J connectivity index is 1.79. The highest BCUT2D eigenvalue weighted by molar-refractivity contribution is 8.00. The molecule has 0 saturated heterocycles. The summed E-state index contributed by atoms with van der Waals surface area (Å²) in [6.45, 7) is 9.93. The number of amides is 1. The minimum absolute atomic E-state index is 0.0604. The number of nitrogens with zero attached hydrogens (tertiary/aromatic N) is 4. The van der Waals surface area contributed by atoms with E-state index in [1.807, 2.05) is 44.6 Å². The van der Waals surface area contributed by atoms with Crippen molar-refractivity contribution < 1.29 is 4.79 Å². The third kappa shape index (κ3) is 3.78. The van der Waals surface area contributed by atoms with Gasteiger partial charge in [-0.25, -0.2) is 4.98 Å². The molecule has 0 aliphatic rings. The van der Waals surface area contributed by atoms with Gasteiger partial charge in [0.2, 0.25) is 5.91 Å². The summed E-state index contributed by atoms with van der Waals surface area (Å²) in [7, 11) is 1.87. The second kappa shape index (κ2) is 7.60. The zero-order chi connectivity index (χ0) is 19.7. The van der Waals surface area contributed by atoms with Crippen molar-refractivity contribution in [1.29, 1.82) is 0 Å². The third-order valence-corrected chi connectivity index (χ3v) is 5.93. The predicted molar refractivity (Wildman–Crippen MR) is 110 cm³/mol. The maximum absolute atomic E-state index is 12.7. The molecule has 3 rings (SSSR count). The lowest BCUT2D eigenvalue weighted by Gasteiger charge is -2.15. The van der Waals surface area contributed by atoms with Gasteiger partial charge in [-0.15, -0.1) is 0 Å². The first-order valence-electron chi connectivity index (χ1n) is 8.87. The summed E-state index contributed by atoms with van der Waals surface area (Å²) in [5.74, 6) is -0.0604. The van der Waals surface area contributed by atoms with E-state index in [2.05, 4.69) is 41.4 Å². The first-order chi connectivity index (χ1) is 12.8. The Morgan fingerprint density at radius 2 is 1.96 bits per heavy atom. The van der Waals surface area contributed by atoms with Crippen molar-refractivity contribution in [3.63, 3.8) is 0 Å². The maximum atomic E-state index is 12.7. The lowest BCUT2D eigenvalue weighted by atomic mass is 10.1. The van der Waals surface area contributed by atoms with E-state index in [9.17, 15) is 4.79 Å². The molecular weight excluding hydrogens is 358 g/mol. The molecule has 6 nitrogen and oxygen atoms in total. The Hall–Kier alpha value is -2.54. The molecule has 0 aliphatic carbocycles. The summed E-state index contributed by atoms with van der Waals surface area (Å²) in [5, 5.41) is 7.86. The molecule has 1 amide bonds. The molecule has 7 heteroatoms. The largest absolute Gasteiger partial charge is 0.322 e. The fourth-order valence-electron chi connectivity index (χ4n) is 2.95. The van der Waals surface area contributed by atoms with Crippen molar-refractivity contribution in [2.75, 3.05) is 5.32 Å². The summed E-state index contributed by atoms with van der Waals surface area (Å²) in [6.07, 6.45) is 3.70. The SMILES string of the molecule is Cc1cccc(-n2ccnc2SC(C)C(=O)Nc2c(C)nn(C)c2C)c1C. The minimum atomic E-state index is -0.296. The van der Waals surface area contributed by atoms with Crippen LogP contribution in [0.4, 0.5) is 5.69 Å². The number of anilines is 1. The van der Waals surface area contributed by atoms with Gasteiger partial charge in [0.1, 0.15) is 0 Å². The van der Waals surface area contributed by atoms with Gasteiger partial charge in [-0.1, -0.05) is 23.9 Å². The Kier molecular flexibility index (Phi) is 5.41. The van der Waals surface area contributed by atoms with Gasteiger partial charge in [0.05, 0.1) is 28.0 Å². The van der Waals surface area contributed by atoms with Crippen LogP contribution >= 0.6 is 11.8 Å². The van der Waals surface area contributed by atoms with Gasteiger partial charge in [-0.2, -0.15) is 5.10 Å². The third-order valence-electron chi connectivity index (χ3n) is 4.85. The van der Waals surface area contributed by atoms with Gasteiger partial charge < -0.3 is 5.32 Å². The second-order valence-corrected chi connectivity index (χ2v) is 8.03. The summed E-state index contributed by atoms with van der Waals surface area (Å²) < 4.78 is 3.81. The van der Waals surface area contributed by atoms with Crippen molar-refractivity contribution in [3.05, 3.63) is 53.1 Å². The standard InChI is InChI=1S/C20H25N5OS/c1-12-8-7-9-17(13(12)2)25-11-10-21-20(25)27-16(5)19(26)22-18-14(3)23-24(6)15(18)4/h7-11,16H,1-6H3,(H,22,26). The molecule has 142 valence electrons. The number of benzene rings is 1. The fourth-order valence-corrected chi connectivity index (χ4v) is 3.82. The monoisotopic (exact) mass is 383 g/mol. The van der Waals surface area contributed by atoms with E-state index in [0.29, 0.717) is 0 Å². The average molecular weight is 384 g/mol. The Labute approximate surface area is 164 Å². The molecule has 1 aromatic carbocycles. The molecule has 2 aromatic heterocycles. The Morgan fingerprint density at radius 1 is 1.22 bits per heavy atom. The zero-order valence-electron chi connectivity index (χ0n) is 16.6. The number of carbonyl (C=O) groups is 1. The van der Waals surface area contributed by atoms with Gasteiger partial charge in [0.15, 0.2) is 5.16 Å². The number of rotatable bonds is 5. The number of thioether (sulfide) groups is 1. The zero-order valence-corrected chi connectivity index (χ0v) is 17.4. The summed E-state index contributed by atoms with van der Waals surface area (Å²) >= 11 is 1.44. The van der Waals surface area contributed by atoms with E-state index in [1.165, 1.54) is 22.9 Å². The van der Waals surface area contributed by atoms with Gasteiger partial charge in [-0.3, -0.25) is 14.0 Å². The van der Waals surface area contributed by atoms with Crippen LogP contribution in [-0.4, -0.2) is 30.5 Å². The van der Waals surface area contributed by atoms with Crippen molar-refractivity contribution in [3.8, 4) is 5.69 Å². The van der Waals surface area contributed by atoms with Gasteiger partial charge >= 0.3 is 0 Å². The molecule has 1 unspecified atom stereocenters. The van der Waals surface area contributed by atoms with E-state index < -0.39 is 0 Å². The van der Waals surface area contributed by atoms with Crippen molar-refractivity contribution >= 4 is 23.4 Å². The van der Waals surface area contributed by atoms with E-state index >= 15 is 0 Å². The van der Waals surface area contributed by atoms with E-state index in [4.69, 9.17) is 0 Å². The second-order valence-electron chi connectivity index (χ2n) is 6.72. The smallest absolute Gasteiger partial charge is 0.237 e. The number of aromatic nitrogens is 4. The number of imidazole rings is 1. The van der Waals surface area contributed by atoms with E-state index in [-0.39, 0.29) is 11.2 Å². The van der Waals surface area contributed by atoms with Crippen LogP contribution in [0.3, 0.4) is 0 Å². The molecule has 0 radical (unpaired) electrons. The van der Waals surface area contributed by atoms with Gasteiger partial charge in [-0.05, 0) is 51.8 Å². The van der Waals surface area contributed by atoms with Crippen LogP contribution in [0, 0.1) is 27.7 Å². The van der Waals surface area contributed by atoms with Gasteiger partial charge in [0, 0.05) is 19.4 Å². The maximum Gasteiger partial charge on any atom is 0.237 e. The molecule has 0 fully saturated rings. The molecule has 0 saturated carbocycles. The van der Waals surface area contributed by atoms with Crippen LogP contribution in [0.2, 0.25) is 0 Å². The number of nitrogens with one attached hydrogen (secondary N) is 1. The van der Waals surface area contributed by atoms with Crippen molar-refractivity contribution in [2.24, 2.45) is 7.05 Å². The van der Waals surface area contributed by atoms with Crippen molar-refractivity contribution in [1.82, 2.24) is 19.3 Å². The van der Waals surface area contributed by atoms with E-state index in [0.717, 1.165) is 27.9 Å². The quantitative estimate of drug-likeness (QED) is 0.678. The Morgan fingerprint density at radius 3 is 2.63 bits per heavy atom. The number of hydrogen-bond acceptors (Lipinski definition) is 4. The molecule has 2 heterocycles. The number of aryl methyl sites for hydroxylation is 3. The van der Waals surface area contributed by atoms with E-state index in [1.54, 1.807) is 10.9 Å². The van der Waals surface area contributed by atoms with Gasteiger partial charge in [0.25, 0.3) is 0 Å². The minimum Gasteiger partial charge on any atom is -0.322 e. The topological polar surface area (TPSA) is 64.7 Å². The molecule has 0 bridgehead atoms. The highest BCUT2D eigenvalue weighted by Crippen LogP contribution is 2.28. The van der Waals surface area contributed by atoms with Crippen LogP contribution < -0.4 is 5.32 Å². The fraction of sp³-hybridized carbons (Fsp3) is 0.350. The van der Waals surface area contributed by atoms with Crippen LogP contribution in [0.1, 0.15) is 29.4 Å². The molecule has 1 N–H and O–H groups in total. The first-order valence-corrected chi connectivity index (χ1v) is 9.75. The molecular formula is C20H25N5OS. The van der Waals surface area contributed by atoms with Crippen LogP contribution in [0.15, 0.2) is 35.7 Å². The normalized spacial score (nSPS) is 12.2. The highest BCUT2D eigenvalue weighted by atomic mass is 32.2. The highest BCUT2D eigenvalue weighted by Gasteiger charge is 2.21. The summed E-state index contributed by atoms with van der Waals surface area (Å²) in [6, 6.07) is 6.20. The molecule has 3 aromatic rings.